The van der Waals surface area contributed by atoms with Crippen LogP contribution in [0, 0.1) is 5.92 Å². The van der Waals surface area contributed by atoms with Gasteiger partial charge in [-0.25, -0.2) is 0 Å². The highest BCUT2D eigenvalue weighted by molar-refractivity contribution is 5.97. The molecule has 5 heteroatoms. The fourth-order valence-electron chi connectivity index (χ4n) is 2.45. The highest BCUT2D eigenvalue weighted by Gasteiger charge is 2.29. The van der Waals surface area contributed by atoms with Crippen molar-refractivity contribution in [3.63, 3.8) is 0 Å². The van der Waals surface area contributed by atoms with Crippen molar-refractivity contribution < 1.29 is 14.3 Å². The summed E-state index contributed by atoms with van der Waals surface area (Å²) >= 11 is 0. The van der Waals surface area contributed by atoms with Crippen LogP contribution in [0.1, 0.15) is 31.7 Å². The van der Waals surface area contributed by atoms with Gasteiger partial charge in [-0.1, -0.05) is 19.1 Å². The van der Waals surface area contributed by atoms with E-state index < -0.39 is 0 Å². The maximum atomic E-state index is 11.8. The number of carbonyl (C=O) groups excluding carboxylic acids is 2. The predicted octanol–water partition coefficient (Wildman–Crippen LogP) is 1.70. The van der Waals surface area contributed by atoms with Crippen LogP contribution in [0.4, 0.5) is 0 Å². The minimum absolute atomic E-state index is 0.0659. The summed E-state index contributed by atoms with van der Waals surface area (Å²) in [6.45, 7) is 3.31. The summed E-state index contributed by atoms with van der Waals surface area (Å²) < 4.78 is 5.63. The number of likely N-dealkylation sites (tertiary alicyclic amines) is 1. The topological polar surface area (TPSA) is 72.6 Å². The molecule has 0 bridgehead atoms. The van der Waals surface area contributed by atoms with Crippen LogP contribution in [0.3, 0.4) is 0 Å². The third kappa shape index (κ3) is 4.29. The number of nitrogens with zero attached hydrogens (tertiary/aromatic N) is 1. The Morgan fingerprint density at radius 1 is 1.29 bits per heavy atom. The maximum absolute atomic E-state index is 11.8. The SMILES string of the molecule is CC1CC(=O)N(CCCOc2cccc(CN)c2)C(=O)C1. The van der Waals surface area contributed by atoms with Crippen molar-refractivity contribution in [3.05, 3.63) is 29.8 Å². The molecule has 5 nitrogen and oxygen atoms in total. The molecule has 2 amide bonds. The van der Waals surface area contributed by atoms with Gasteiger partial charge in [0, 0.05) is 25.9 Å². The van der Waals surface area contributed by atoms with E-state index in [-0.39, 0.29) is 17.7 Å². The molecule has 2 N–H and O–H groups in total. The van der Waals surface area contributed by atoms with Crippen molar-refractivity contribution in [3.8, 4) is 5.75 Å². The van der Waals surface area contributed by atoms with Crippen molar-refractivity contribution in [2.45, 2.75) is 32.7 Å². The quantitative estimate of drug-likeness (QED) is 0.639. The Bertz CT molecular complexity index is 498. The summed E-state index contributed by atoms with van der Waals surface area (Å²) in [6.07, 6.45) is 1.56. The lowest BCUT2D eigenvalue weighted by atomic mass is 9.98. The largest absolute Gasteiger partial charge is 0.494 e. The summed E-state index contributed by atoms with van der Waals surface area (Å²) in [4.78, 5) is 25.0. The zero-order chi connectivity index (χ0) is 15.2. The Labute approximate surface area is 125 Å². The molecule has 1 fully saturated rings. The lowest BCUT2D eigenvalue weighted by Crippen LogP contribution is -2.43. The number of nitrogens with two attached hydrogens (primary N) is 1. The second-order valence-electron chi connectivity index (χ2n) is 5.51. The van der Waals surface area contributed by atoms with Crippen LogP contribution in [0.25, 0.3) is 0 Å². The van der Waals surface area contributed by atoms with Crippen LogP contribution in [0.2, 0.25) is 0 Å². The third-order valence-corrected chi connectivity index (χ3v) is 3.58. The lowest BCUT2D eigenvalue weighted by Gasteiger charge is -2.28. The van der Waals surface area contributed by atoms with Crippen molar-refractivity contribution >= 4 is 11.8 Å². The van der Waals surface area contributed by atoms with E-state index in [1.807, 2.05) is 31.2 Å². The maximum Gasteiger partial charge on any atom is 0.229 e. The van der Waals surface area contributed by atoms with Gasteiger partial charge in [-0.15, -0.1) is 0 Å². The fraction of sp³-hybridized carbons (Fsp3) is 0.500. The summed E-state index contributed by atoms with van der Waals surface area (Å²) in [5.41, 5.74) is 6.59. The van der Waals surface area contributed by atoms with E-state index in [1.54, 1.807) is 0 Å². The van der Waals surface area contributed by atoms with E-state index in [2.05, 4.69) is 0 Å². The number of hydrogen-bond acceptors (Lipinski definition) is 4. The minimum Gasteiger partial charge on any atom is -0.494 e. The number of imide groups is 1. The van der Waals surface area contributed by atoms with Gasteiger partial charge in [0.1, 0.15) is 5.75 Å². The van der Waals surface area contributed by atoms with Gasteiger partial charge in [0.15, 0.2) is 0 Å². The van der Waals surface area contributed by atoms with Gasteiger partial charge in [-0.3, -0.25) is 14.5 Å². The molecule has 1 aromatic carbocycles. The first-order chi connectivity index (χ1) is 10.1. The van der Waals surface area contributed by atoms with Crippen LogP contribution in [-0.4, -0.2) is 29.9 Å². The zero-order valence-corrected chi connectivity index (χ0v) is 12.4. The van der Waals surface area contributed by atoms with E-state index in [1.165, 1.54) is 4.90 Å². The molecule has 1 saturated heterocycles. The molecule has 21 heavy (non-hydrogen) atoms. The zero-order valence-electron chi connectivity index (χ0n) is 12.4. The number of hydrogen-bond donors (Lipinski definition) is 1. The molecule has 0 unspecified atom stereocenters. The highest BCUT2D eigenvalue weighted by Crippen LogP contribution is 2.19. The minimum atomic E-state index is -0.0659. The number of rotatable bonds is 6. The first-order valence-electron chi connectivity index (χ1n) is 7.35. The molecule has 1 aliphatic heterocycles. The molecule has 2 rings (SSSR count). The number of carbonyl (C=O) groups is 2. The van der Waals surface area contributed by atoms with Gasteiger partial charge in [0.2, 0.25) is 11.8 Å². The van der Waals surface area contributed by atoms with Gasteiger partial charge in [-0.05, 0) is 30.0 Å². The fourth-order valence-corrected chi connectivity index (χ4v) is 2.45. The molecule has 0 aliphatic carbocycles. The molecular formula is C16H22N2O3. The smallest absolute Gasteiger partial charge is 0.229 e. The van der Waals surface area contributed by atoms with E-state index in [0.29, 0.717) is 39.0 Å². The van der Waals surface area contributed by atoms with Crippen LogP contribution >= 0.6 is 0 Å². The average Bonchev–Trinajstić information content (AvgIpc) is 2.45. The van der Waals surface area contributed by atoms with Crippen LogP contribution < -0.4 is 10.5 Å². The Morgan fingerprint density at radius 3 is 2.67 bits per heavy atom. The number of ether oxygens (including phenoxy) is 1. The average molecular weight is 290 g/mol. The Kier molecular flexibility index (Phi) is 5.33. The van der Waals surface area contributed by atoms with Gasteiger partial charge in [0.25, 0.3) is 0 Å². The summed E-state index contributed by atoms with van der Waals surface area (Å²) in [6, 6.07) is 7.62. The second kappa shape index (κ2) is 7.22. The van der Waals surface area contributed by atoms with Crippen LogP contribution in [0.15, 0.2) is 24.3 Å². The van der Waals surface area contributed by atoms with Crippen molar-refractivity contribution in [1.29, 1.82) is 0 Å². The molecule has 0 aromatic heterocycles. The van der Waals surface area contributed by atoms with E-state index >= 15 is 0 Å². The number of piperidine rings is 1. The first-order valence-corrected chi connectivity index (χ1v) is 7.35. The first kappa shape index (κ1) is 15.5. The van der Waals surface area contributed by atoms with E-state index in [9.17, 15) is 9.59 Å². The monoisotopic (exact) mass is 290 g/mol. The molecular weight excluding hydrogens is 268 g/mol. The standard InChI is InChI=1S/C16H22N2O3/c1-12-8-15(19)18(16(20)9-12)6-3-7-21-14-5-2-4-13(10-14)11-17/h2,4-5,10,12H,3,6-9,11,17H2,1H3. The van der Waals surface area contributed by atoms with Crippen LogP contribution in [-0.2, 0) is 16.1 Å². The summed E-state index contributed by atoms with van der Waals surface area (Å²) in [5, 5.41) is 0. The second-order valence-corrected chi connectivity index (χ2v) is 5.51. The molecule has 0 spiro atoms. The van der Waals surface area contributed by atoms with E-state index in [4.69, 9.17) is 10.5 Å². The normalized spacial score (nSPS) is 16.4. The van der Waals surface area contributed by atoms with Crippen molar-refractivity contribution in [2.75, 3.05) is 13.2 Å². The van der Waals surface area contributed by atoms with Gasteiger partial charge in [-0.2, -0.15) is 0 Å². The molecule has 0 saturated carbocycles. The Balaban J connectivity index is 1.76. The number of amides is 2. The number of benzene rings is 1. The molecule has 114 valence electrons. The molecule has 0 atom stereocenters. The van der Waals surface area contributed by atoms with Crippen molar-refractivity contribution in [2.24, 2.45) is 11.7 Å². The Hall–Kier alpha value is -1.88. The van der Waals surface area contributed by atoms with Crippen molar-refractivity contribution in [1.82, 2.24) is 4.90 Å². The lowest BCUT2D eigenvalue weighted by molar-refractivity contribution is -0.149. The highest BCUT2D eigenvalue weighted by atomic mass is 16.5. The Morgan fingerprint density at radius 2 is 2.00 bits per heavy atom. The molecule has 0 radical (unpaired) electrons. The van der Waals surface area contributed by atoms with Gasteiger partial charge >= 0.3 is 0 Å². The summed E-state index contributed by atoms with van der Waals surface area (Å²) in [5.74, 6) is 0.798. The summed E-state index contributed by atoms with van der Waals surface area (Å²) in [7, 11) is 0. The van der Waals surface area contributed by atoms with Gasteiger partial charge in [0.05, 0.1) is 6.61 Å². The van der Waals surface area contributed by atoms with E-state index in [0.717, 1.165) is 11.3 Å². The molecule has 1 heterocycles. The predicted molar refractivity (Wildman–Crippen MR) is 79.6 cm³/mol. The van der Waals surface area contributed by atoms with Gasteiger partial charge < -0.3 is 10.5 Å². The third-order valence-electron chi connectivity index (χ3n) is 3.58. The van der Waals surface area contributed by atoms with Crippen LogP contribution in [0.5, 0.6) is 5.75 Å². The molecule has 1 aliphatic rings. The molecule has 1 aromatic rings.